The fourth-order valence-corrected chi connectivity index (χ4v) is 3.10. The van der Waals surface area contributed by atoms with E-state index in [0.717, 1.165) is 19.0 Å². The van der Waals surface area contributed by atoms with E-state index in [1.165, 1.54) is 43.2 Å². The molecule has 2 nitrogen and oxygen atoms in total. The minimum absolute atomic E-state index is 0.502. The molecule has 2 heteroatoms. The molecule has 0 aromatic heterocycles. The highest BCUT2D eigenvalue weighted by atomic mass is 16.3. The summed E-state index contributed by atoms with van der Waals surface area (Å²) in [5.74, 6) is 1.02. The number of phenols is 1. The molecule has 1 atom stereocenters. The second-order valence-electron chi connectivity index (χ2n) is 5.48. The van der Waals surface area contributed by atoms with Gasteiger partial charge in [-0.05, 0) is 43.7 Å². The molecular weight excluding hydrogens is 210 g/mol. The first-order valence-electron chi connectivity index (χ1n) is 6.89. The first kappa shape index (κ1) is 11.1. The Morgan fingerprint density at radius 1 is 1.18 bits per heavy atom. The summed E-state index contributed by atoms with van der Waals surface area (Å²) < 4.78 is 0. The van der Waals surface area contributed by atoms with Crippen molar-refractivity contribution in [2.24, 2.45) is 0 Å². The predicted molar refractivity (Wildman–Crippen MR) is 69.4 cm³/mol. The Kier molecular flexibility index (Phi) is 3.06. The van der Waals surface area contributed by atoms with Gasteiger partial charge in [-0.25, -0.2) is 0 Å². The Hall–Kier alpha value is -1.02. The van der Waals surface area contributed by atoms with Crippen LogP contribution >= 0.6 is 0 Å². The van der Waals surface area contributed by atoms with Gasteiger partial charge in [0, 0.05) is 24.1 Å². The lowest BCUT2D eigenvalue weighted by Gasteiger charge is -2.31. The molecule has 1 unspecified atom stereocenters. The molecule has 0 spiro atoms. The lowest BCUT2D eigenvalue weighted by atomic mass is 9.81. The average Bonchev–Trinajstić information content (AvgIpc) is 2.27. The molecule has 0 heterocycles. The number of nitrogens with one attached hydrogen (secondary N) is 1. The van der Waals surface area contributed by atoms with Crippen molar-refractivity contribution < 1.29 is 5.11 Å². The number of hydrogen-bond donors (Lipinski definition) is 2. The maximum absolute atomic E-state index is 10.0. The molecule has 0 amide bonds. The molecule has 2 aliphatic rings. The van der Waals surface area contributed by atoms with Gasteiger partial charge >= 0.3 is 0 Å². The minimum Gasteiger partial charge on any atom is -0.508 e. The third kappa shape index (κ3) is 2.19. The van der Waals surface area contributed by atoms with Gasteiger partial charge in [-0.1, -0.05) is 18.6 Å². The smallest absolute Gasteiger partial charge is 0.119 e. The van der Waals surface area contributed by atoms with Gasteiger partial charge in [0.1, 0.15) is 5.75 Å². The summed E-state index contributed by atoms with van der Waals surface area (Å²) in [6.45, 7) is 1.04. The lowest BCUT2D eigenvalue weighted by Crippen LogP contribution is -2.38. The lowest BCUT2D eigenvalue weighted by molar-refractivity contribution is 0.323. The van der Waals surface area contributed by atoms with Crippen LogP contribution in [0.15, 0.2) is 18.2 Å². The van der Waals surface area contributed by atoms with Gasteiger partial charge in [-0.15, -0.1) is 0 Å². The SMILES string of the molecule is Oc1cccc2c1C(CNC1CCC1)CCC2. The van der Waals surface area contributed by atoms with E-state index in [1.807, 2.05) is 12.1 Å². The molecule has 0 bridgehead atoms. The van der Waals surface area contributed by atoms with Crippen LogP contribution in [0, 0.1) is 0 Å². The summed E-state index contributed by atoms with van der Waals surface area (Å²) in [7, 11) is 0. The molecule has 1 aromatic rings. The van der Waals surface area contributed by atoms with Gasteiger partial charge in [0.15, 0.2) is 0 Å². The van der Waals surface area contributed by atoms with Gasteiger partial charge in [0.2, 0.25) is 0 Å². The zero-order valence-corrected chi connectivity index (χ0v) is 10.3. The number of benzene rings is 1. The number of fused-ring (bicyclic) bond motifs is 1. The van der Waals surface area contributed by atoms with E-state index in [1.54, 1.807) is 0 Å². The molecule has 1 fully saturated rings. The Bertz CT molecular complexity index is 398. The van der Waals surface area contributed by atoms with E-state index in [2.05, 4.69) is 11.4 Å². The first-order chi connectivity index (χ1) is 8.34. The third-order valence-corrected chi connectivity index (χ3v) is 4.34. The maximum Gasteiger partial charge on any atom is 0.119 e. The van der Waals surface area contributed by atoms with Crippen LogP contribution in [-0.2, 0) is 6.42 Å². The van der Waals surface area contributed by atoms with Crippen molar-refractivity contribution in [2.75, 3.05) is 6.54 Å². The average molecular weight is 231 g/mol. The summed E-state index contributed by atoms with van der Waals surface area (Å²) in [5, 5.41) is 13.7. The Balaban J connectivity index is 1.73. The van der Waals surface area contributed by atoms with E-state index in [-0.39, 0.29) is 0 Å². The zero-order valence-electron chi connectivity index (χ0n) is 10.3. The summed E-state index contributed by atoms with van der Waals surface area (Å²) in [5.41, 5.74) is 2.57. The molecule has 2 aliphatic carbocycles. The monoisotopic (exact) mass is 231 g/mol. The molecule has 3 rings (SSSR count). The molecule has 0 aliphatic heterocycles. The standard InChI is InChI=1S/C15H21NO/c17-14-9-2-5-11-4-1-6-12(15(11)14)10-16-13-7-3-8-13/h2,5,9,12-13,16-17H,1,3-4,6-8,10H2. The number of aryl methyl sites for hydroxylation is 1. The van der Waals surface area contributed by atoms with E-state index < -0.39 is 0 Å². The van der Waals surface area contributed by atoms with Gasteiger partial charge in [-0.3, -0.25) is 0 Å². The van der Waals surface area contributed by atoms with Crippen molar-refractivity contribution in [1.82, 2.24) is 5.32 Å². The van der Waals surface area contributed by atoms with E-state index >= 15 is 0 Å². The van der Waals surface area contributed by atoms with Crippen LogP contribution in [0.5, 0.6) is 5.75 Å². The molecule has 17 heavy (non-hydrogen) atoms. The van der Waals surface area contributed by atoms with E-state index in [9.17, 15) is 5.11 Å². The van der Waals surface area contributed by atoms with Crippen LogP contribution in [0.3, 0.4) is 0 Å². The van der Waals surface area contributed by atoms with Crippen molar-refractivity contribution in [3.63, 3.8) is 0 Å². The molecule has 1 saturated carbocycles. The minimum atomic E-state index is 0.502. The van der Waals surface area contributed by atoms with Gasteiger partial charge < -0.3 is 10.4 Å². The second-order valence-corrected chi connectivity index (χ2v) is 5.48. The summed E-state index contributed by atoms with van der Waals surface area (Å²) in [4.78, 5) is 0. The topological polar surface area (TPSA) is 32.3 Å². The van der Waals surface area contributed by atoms with Crippen molar-refractivity contribution in [1.29, 1.82) is 0 Å². The Morgan fingerprint density at radius 3 is 2.82 bits per heavy atom. The van der Waals surface area contributed by atoms with Crippen LogP contribution in [0.25, 0.3) is 0 Å². The van der Waals surface area contributed by atoms with Crippen LogP contribution < -0.4 is 5.32 Å². The van der Waals surface area contributed by atoms with Gasteiger partial charge in [0.05, 0.1) is 0 Å². The summed E-state index contributed by atoms with van der Waals surface area (Å²) in [6, 6.07) is 6.72. The van der Waals surface area contributed by atoms with Gasteiger partial charge in [0.25, 0.3) is 0 Å². The van der Waals surface area contributed by atoms with Crippen molar-refractivity contribution >= 4 is 0 Å². The fourth-order valence-electron chi connectivity index (χ4n) is 3.10. The van der Waals surface area contributed by atoms with Crippen molar-refractivity contribution in [3.8, 4) is 5.75 Å². The second kappa shape index (κ2) is 4.69. The van der Waals surface area contributed by atoms with Gasteiger partial charge in [-0.2, -0.15) is 0 Å². The number of phenolic OH excluding ortho intramolecular Hbond substituents is 1. The summed E-state index contributed by atoms with van der Waals surface area (Å²) >= 11 is 0. The fraction of sp³-hybridized carbons (Fsp3) is 0.600. The van der Waals surface area contributed by atoms with Crippen molar-refractivity contribution in [3.05, 3.63) is 29.3 Å². The molecule has 0 saturated heterocycles. The normalized spacial score (nSPS) is 24.1. The number of hydrogen-bond acceptors (Lipinski definition) is 2. The molecule has 0 radical (unpaired) electrons. The van der Waals surface area contributed by atoms with Crippen LogP contribution in [0.4, 0.5) is 0 Å². The number of rotatable bonds is 3. The van der Waals surface area contributed by atoms with E-state index in [4.69, 9.17) is 0 Å². The van der Waals surface area contributed by atoms with Crippen LogP contribution in [-0.4, -0.2) is 17.7 Å². The molecule has 2 N–H and O–H groups in total. The Labute approximate surface area is 103 Å². The van der Waals surface area contributed by atoms with E-state index in [0.29, 0.717) is 11.7 Å². The van der Waals surface area contributed by atoms with Crippen LogP contribution in [0.2, 0.25) is 0 Å². The maximum atomic E-state index is 10.0. The van der Waals surface area contributed by atoms with Crippen molar-refractivity contribution in [2.45, 2.75) is 50.5 Å². The van der Waals surface area contributed by atoms with Crippen LogP contribution in [0.1, 0.15) is 49.1 Å². The Morgan fingerprint density at radius 2 is 2.06 bits per heavy atom. The largest absolute Gasteiger partial charge is 0.508 e. The molecular formula is C15H21NO. The number of aromatic hydroxyl groups is 1. The zero-order chi connectivity index (χ0) is 11.7. The molecule has 92 valence electrons. The third-order valence-electron chi connectivity index (χ3n) is 4.34. The highest BCUT2D eigenvalue weighted by Crippen LogP contribution is 2.37. The quantitative estimate of drug-likeness (QED) is 0.838. The highest BCUT2D eigenvalue weighted by Gasteiger charge is 2.25. The summed E-state index contributed by atoms with van der Waals surface area (Å²) in [6.07, 6.45) is 7.65. The first-order valence-corrected chi connectivity index (χ1v) is 6.89. The highest BCUT2D eigenvalue weighted by molar-refractivity contribution is 5.43. The molecule has 1 aromatic carbocycles. The predicted octanol–water partition coefficient (Wildman–Crippen LogP) is 2.95.